The Balaban J connectivity index is 4.66. The molecule has 5 heteroatoms. The van der Waals surface area contributed by atoms with Gasteiger partial charge in [-0.3, -0.25) is 0 Å². The van der Waals surface area contributed by atoms with Crippen molar-refractivity contribution in [3.05, 3.63) is 11.9 Å². The second-order valence-electron chi connectivity index (χ2n) is 3.41. The van der Waals surface area contributed by atoms with Crippen molar-refractivity contribution < 1.29 is 9.53 Å². The Bertz CT molecular complexity index is 257. The van der Waals surface area contributed by atoms with E-state index in [-0.39, 0.29) is 5.70 Å². The molecule has 0 aliphatic heterocycles. The molecular weight excluding hydrogens is 194 g/mol. The molecule has 0 saturated heterocycles. The highest BCUT2D eigenvalue weighted by Crippen LogP contribution is 2.01. The summed E-state index contributed by atoms with van der Waals surface area (Å²) < 4.78 is 4.87. The first kappa shape index (κ1) is 13.5. The fraction of sp³-hybridized carbons (Fsp3) is 0.600. The smallest absolute Gasteiger partial charge is 0.358 e. The average molecular weight is 213 g/mol. The maximum atomic E-state index is 11.4. The second kappa shape index (κ2) is 6.86. The van der Waals surface area contributed by atoms with Crippen molar-refractivity contribution >= 4 is 12.3 Å². The van der Waals surface area contributed by atoms with Gasteiger partial charge in [-0.25, -0.2) is 9.79 Å². The van der Waals surface area contributed by atoms with E-state index in [9.17, 15) is 4.79 Å². The van der Waals surface area contributed by atoms with Crippen molar-refractivity contribution in [2.24, 2.45) is 4.99 Å². The number of rotatable bonds is 5. The number of esters is 1. The molecule has 0 heterocycles. The van der Waals surface area contributed by atoms with Crippen molar-refractivity contribution in [2.75, 3.05) is 34.8 Å². The molecule has 0 bridgehead atoms. The van der Waals surface area contributed by atoms with Crippen LogP contribution in [0.3, 0.4) is 0 Å². The highest BCUT2D eigenvalue weighted by atomic mass is 16.5. The summed E-state index contributed by atoms with van der Waals surface area (Å²) in [6, 6.07) is 0. The van der Waals surface area contributed by atoms with E-state index in [0.717, 1.165) is 0 Å². The summed E-state index contributed by atoms with van der Waals surface area (Å²) in [6.45, 7) is 2.11. The fourth-order valence-electron chi connectivity index (χ4n) is 0.766. The highest BCUT2D eigenvalue weighted by Gasteiger charge is 2.08. The van der Waals surface area contributed by atoms with Crippen LogP contribution < -0.4 is 0 Å². The Morgan fingerprint density at radius 2 is 1.87 bits per heavy atom. The standard InChI is InChI=1S/C10H19N3O2/c1-6-15-10(14)9(7-12(2)3)11-8-13(4)5/h7-8H,6H2,1-5H3/b9-7-,11-8+. The van der Waals surface area contributed by atoms with Crippen LogP contribution in [0.1, 0.15) is 6.92 Å². The highest BCUT2D eigenvalue weighted by molar-refractivity contribution is 5.89. The molecule has 5 nitrogen and oxygen atoms in total. The first-order valence-electron chi connectivity index (χ1n) is 4.73. The molecule has 0 saturated carbocycles. The van der Waals surface area contributed by atoms with E-state index in [1.807, 2.05) is 28.2 Å². The third kappa shape index (κ3) is 6.54. The lowest BCUT2D eigenvalue weighted by Crippen LogP contribution is -2.14. The topological polar surface area (TPSA) is 45.1 Å². The zero-order chi connectivity index (χ0) is 11.8. The van der Waals surface area contributed by atoms with Crippen LogP contribution in [-0.2, 0) is 9.53 Å². The Labute approximate surface area is 91.0 Å². The van der Waals surface area contributed by atoms with Crippen molar-refractivity contribution in [3.8, 4) is 0 Å². The molecule has 86 valence electrons. The van der Waals surface area contributed by atoms with Gasteiger partial charge in [0.2, 0.25) is 0 Å². The van der Waals surface area contributed by atoms with Gasteiger partial charge in [0.1, 0.15) is 0 Å². The number of carbonyl (C=O) groups excluding carboxylic acids is 1. The Morgan fingerprint density at radius 1 is 1.27 bits per heavy atom. The molecule has 0 unspecified atom stereocenters. The molecule has 15 heavy (non-hydrogen) atoms. The molecule has 0 amide bonds. The maximum Gasteiger partial charge on any atom is 0.358 e. The summed E-state index contributed by atoms with van der Waals surface area (Å²) in [4.78, 5) is 19.0. The molecule has 0 aliphatic carbocycles. The van der Waals surface area contributed by atoms with E-state index in [1.54, 1.807) is 29.3 Å². The Hall–Kier alpha value is -1.52. The minimum absolute atomic E-state index is 0.288. The van der Waals surface area contributed by atoms with Gasteiger partial charge < -0.3 is 14.5 Å². The van der Waals surface area contributed by atoms with Crippen molar-refractivity contribution in [2.45, 2.75) is 6.92 Å². The summed E-state index contributed by atoms with van der Waals surface area (Å²) >= 11 is 0. The first-order chi connectivity index (χ1) is 6.97. The number of nitrogens with zero attached hydrogens (tertiary/aromatic N) is 3. The molecule has 0 aromatic carbocycles. The Kier molecular flexibility index (Phi) is 6.17. The van der Waals surface area contributed by atoms with Gasteiger partial charge >= 0.3 is 5.97 Å². The lowest BCUT2D eigenvalue weighted by atomic mass is 10.4. The molecular formula is C10H19N3O2. The summed E-state index contributed by atoms with van der Waals surface area (Å²) in [6.07, 6.45) is 3.18. The van der Waals surface area contributed by atoms with E-state index in [0.29, 0.717) is 6.61 Å². The van der Waals surface area contributed by atoms with Gasteiger partial charge in [-0.05, 0) is 6.92 Å². The van der Waals surface area contributed by atoms with E-state index >= 15 is 0 Å². The molecule has 0 rings (SSSR count). The third-order valence-corrected chi connectivity index (χ3v) is 1.29. The molecule has 0 aromatic rings. The predicted octanol–water partition coefficient (Wildman–Crippen LogP) is 0.542. The van der Waals surface area contributed by atoms with Crippen LogP contribution in [0.5, 0.6) is 0 Å². The molecule has 0 radical (unpaired) electrons. The van der Waals surface area contributed by atoms with Crippen LogP contribution in [0, 0.1) is 0 Å². The normalized spacial score (nSPS) is 11.7. The van der Waals surface area contributed by atoms with Gasteiger partial charge in [-0.2, -0.15) is 0 Å². The fourth-order valence-corrected chi connectivity index (χ4v) is 0.766. The van der Waals surface area contributed by atoms with E-state index in [4.69, 9.17) is 4.74 Å². The van der Waals surface area contributed by atoms with Gasteiger partial charge in [0, 0.05) is 34.4 Å². The van der Waals surface area contributed by atoms with Gasteiger partial charge in [-0.15, -0.1) is 0 Å². The number of aliphatic imine (C=N–C) groups is 1. The van der Waals surface area contributed by atoms with Crippen LogP contribution in [0.4, 0.5) is 0 Å². The van der Waals surface area contributed by atoms with E-state index in [2.05, 4.69) is 4.99 Å². The zero-order valence-electron chi connectivity index (χ0n) is 10.0. The lowest BCUT2D eigenvalue weighted by molar-refractivity contribution is -0.138. The third-order valence-electron chi connectivity index (χ3n) is 1.29. The maximum absolute atomic E-state index is 11.4. The first-order valence-corrected chi connectivity index (χ1v) is 4.73. The number of ether oxygens (including phenoxy) is 1. The largest absolute Gasteiger partial charge is 0.461 e. The average Bonchev–Trinajstić information content (AvgIpc) is 2.11. The second-order valence-corrected chi connectivity index (χ2v) is 3.41. The van der Waals surface area contributed by atoms with Crippen LogP contribution in [0.2, 0.25) is 0 Å². The van der Waals surface area contributed by atoms with Crippen LogP contribution >= 0.6 is 0 Å². The molecule has 0 fully saturated rings. The minimum Gasteiger partial charge on any atom is -0.461 e. The number of hydrogen-bond acceptors (Lipinski definition) is 4. The zero-order valence-corrected chi connectivity index (χ0v) is 10.0. The molecule has 0 aliphatic rings. The van der Waals surface area contributed by atoms with E-state index < -0.39 is 5.97 Å². The molecule has 0 aromatic heterocycles. The SMILES string of the molecule is CCOC(=O)C(=C/N(C)C)/N=C/N(C)C. The summed E-state index contributed by atoms with van der Waals surface area (Å²) in [5, 5.41) is 0. The van der Waals surface area contributed by atoms with Crippen LogP contribution in [-0.4, -0.2) is 56.9 Å². The van der Waals surface area contributed by atoms with Crippen molar-refractivity contribution in [1.82, 2.24) is 9.80 Å². The number of hydrogen-bond donors (Lipinski definition) is 0. The van der Waals surface area contributed by atoms with Gasteiger partial charge in [0.15, 0.2) is 5.70 Å². The summed E-state index contributed by atoms with van der Waals surface area (Å²) in [5.41, 5.74) is 0.288. The van der Waals surface area contributed by atoms with Gasteiger partial charge in [0.05, 0.1) is 12.9 Å². The Morgan fingerprint density at radius 3 is 2.27 bits per heavy atom. The molecule has 0 N–H and O–H groups in total. The van der Waals surface area contributed by atoms with Crippen LogP contribution in [0.25, 0.3) is 0 Å². The van der Waals surface area contributed by atoms with Gasteiger partial charge in [0.25, 0.3) is 0 Å². The van der Waals surface area contributed by atoms with Gasteiger partial charge in [-0.1, -0.05) is 0 Å². The minimum atomic E-state index is -0.413. The van der Waals surface area contributed by atoms with Crippen molar-refractivity contribution in [1.29, 1.82) is 0 Å². The predicted molar refractivity (Wildman–Crippen MR) is 60.6 cm³/mol. The monoisotopic (exact) mass is 213 g/mol. The summed E-state index contributed by atoms with van der Waals surface area (Å²) in [7, 11) is 7.32. The summed E-state index contributed by atoms with van der Waals surface area (Å²) in [5.74, 6) is -0.413. The van der Waals surface area contributed by atoms with Crippen molar-refractivity contribution in [3.63, 3.8) is 0 Å². The quantitative estimate of drug-likeness (QED) is 0.289. The van der Waals surface area contributed by atoms with E-state index in [1.165, 1.54) is 0 Å². The van der Waals surface area contributed by atoms with Crippen LogP contribution in [0.15, 0.2) is 16.9 Å². The lowest BCUT2D eigenvalue weighted by Gasteiger charge is -2.09. The molecule has 0 atom stereocenters. The number of carbonyl (C=O) groups is 1. The molecule has 0 spiro atoms.